The molecular formula is C18H24N2O. The minimum atomic E-state index is 0.266. The predicted octanol–water partition coefficient (Wildman–Crippen LogP) is 3.28. The van der Waals surface area contributed by atoms with Crippen molar-refractivity contribution in [1.29, 1.82) is 0 Å². The molecule has 112 valence electrons. The van der Waals surface area contributed by atoms with Gasteiger partial charge in [0.15, 0.2) is 0 Å². The lowest BCUT2D eigenvalue weighted by Gasteiger charge is -2.29. The maximum Gasteiger partial charge on any atom is 0.0708 e. The van der Waals surface area contributed by atoms with Crippen molar-refractivity contribution in [3.63, 3.8) is 0 Å². The largest absolute Gasteiger partial charge is 0.395 e. The van der Waals surface area contributed by atoms with Gasteiger partial charge >= 0.3 is 0 Å². The number of aliphatic hydroxyl groups excluding tert-OH is 1. The number of benzene rings is 1. The second kappa shape index (κ2) is 6.54. The van der Waals surface area contributed by atoms with Crippen LogP contribution in [0.2, 0.25) is 0 Å². The van der Waals surface area contributed by atoms with Crippen LogP contribution in [0, 0.1) is 6.92 Å². The summed E-state index contributed by atoms with van der Waals surface area (Å²) in [6.45, 7) is 4.32. The third-order valence-electron chi connectivity index (χ3n) is 4.51. The summed E-state index contributed by atoms with van der Waals surface area (Å²) in [5, 5.41) is 10.9. The van der Waals surface area contributed by atoms with Gasteiger partial charge < -0.3 is 5.11 Å². The van der Waals surface area contributed by atoms with Gasteiger partial charge in [-0.3, -0.25) is 9.88 Å². The van der Waals surface area contributed by atoms with Crippen LogP contribution in [0.1, 0.15) is 36.9 Å². The fourth-order valence-corrected chi connectivity index (χ4v) is 3.40. The number of aryl methyl sites for hydroxylation is 1. The summed E-state index contributed by atoms with van der Waals surface area (Å²) in [6.07, 6.45) is 4.86. The van der Waals surface area contributed by atoms with Gasteiger partial charge in [-0.15, -0.1) is 0 Å². The third-order valence-corrected chi connectivity index (χ3v) is 4.51. The summed E-state index contributed by atoms with van der Waals surface area (Å²) in [5.41, 5.74) is 3.47. The van der Waals surface area contributed by atoms with Gasteiger partial charge in [0.25, 0.3) is 0 Å². The van der Waals surface area contributed by atoms with E-state index in [0.29, 0.717) is 6.04 Å². The molecule has 0 spiro atoms. The van der Waals surface area contributed by atoms with Crippen molar-refractivity contribution in [2.75, 3.05) is 13.2 Å². The molecule has 3 nitrogen and oxygen atoms in total. The number of para-hydroxylation sites is 1. The van der Waals surface area contributed by atoms with E-state index in [1.54, 1.807) is 0 Å². The smallest absolute Gasteiger partial charge is 0.0708 e. The van der Waals surface area contributed by atoms with Crippen molar-refractivity contribution in [3.8, 4) is 0 Å². The van der Waals surface area contributed by atoms with Crippen LogP contribution in [0.15, 0.2) is 30.3 Å². The topological polar surface area (TPSA) is 36.4 Å². The first-order valence-corrected chi connectivity index (χ1v) is 7.98. The first kappa shape index (κ1) is 14.5. The SMILES string of the molecule is Cc1cc(CN2CCCCCC2CO)c2ccccc2n1. The molecule has 1 N–H and O–H groups in total. The Bertz CT molecular complexity index is 611. The van der Waals surface area contributed by atoms with E-state index in [2.05, 4.69) is 41.1 Å². The van der Waals surface area contributed by atoms with E-state index in [1.165, 1.54) is 30.2 Å². The zero-order valence-corrected chi connectivity index (χ0v) is 12.8. The summed E-state index contributed by atoms with van der Waals surface area (Å²) in [5.74, 6) is 0. The number of pyridine rings is 1. The number of likely N-dealkylation sites (tertiary alicyclic amines) is 1. The lowest BCUT2D eigenvalue weighted by molar-refractivity contribution is 0.119. The minimum absolute atomic E-state index is 0.266. The quantitative estimate of drug-likeness (QED) is 0.939. The molecule has 0 bridgehead atoms. The van der Waals surface area contributed by atoms with E-state index in [1.807, 2.05) is 6.07 Å². The Morgan fingerprint density at radius 1 is 1.24 bits per heavy atom. The molecule has 1 atom stereocenters. The normalized spacial score (nSPS) is 20.6. The number of hydrogen-bond donors (Lipinski definition) is 1. The van der Waals surface area contributed by atoms with Gasteiger partial charge in [0.1, 0.15) is 0 Å². The molecule has 0 saturated carbocycles. The Morgan fingerprint density at radius 2 is 2.10 bits per heavy atom. The first-order chi connectivity index (χ1) is 10.3. The van der Waals surface area contributed by atoms with Gasteiger partial charge in [0, 0.05) is 23.7 Å². The van der Waals surface area contributed by atoms with Crippen molar-refractivity contribution in [3.05, 3.63) is 41.6 Å². The molecule has 1 aliphatic heterocycles. The molecule has 3 rings (SSSR count). The van der Waals surface area contributed by atoms with Crippen molar-refractivity contribution in [1.82, 2.24) is 9.88 Å². The number of rotatable bonds is 3. The van der Waals surface area contributed by atoms with Gasteiger partial charge in [-0.2, -0.15) is 0 Å². The molecule has 1 aliphatic rings. The highest BCUT2D eigenvalue weighted by molar-refractivity contribution is 5.82. The van der Waals surface area contributed by atoms with Gasteiger partial charge in [-0.25, -0.2) is 0 Å². The van der Waals surface area contributed by atoms with E-state index in [-0.39, 0.29) is 6.61 Å². The lowest BCUT2D eigenvalue weighted by atomic mass is 10.1. The van der Waals surface area contributed by atoms with Gasteiger partial charge in [-0.1, -0.05) is 31.0 Å². The van der Waals surface area contributed by atoms with E-state index in [0.717, 1.165) is 30.7 Å². The van der Waals surface area contributed by atoms with Crippen LogP contribution in [-0.4, -0.2) is 34.2 Å². The van der Waals surface area contributed by atoms with Crippen LogP contribution in [0.4, 0.5) is 0 Å². The second-order valence-electron chi connectivity index (χ2n) is 6.10. The monoisotopic (exact) mass is 284 g/mol. The summed E-state index contributed by atoms with van der Waals surface area (Å²) in [4.78, 5) is 7.07. The molecule has 0 aliphatic carbocycles. The minimum Gasteiger partial charge on any atom is -0.395 e. The number of nitrogens with zero attached hydrogens (tertiary/aromatic N) is 2. The molecule has 3 heteroatoms. The van der Waals surface area contributed by atoms with E-state index in [9.17, 15) is 5.11 Å². The molecule has 1 aromatic heterocycles. The molecule has 0 radical (unpaired) electrons. The van der Waals surface area contributed by atoms with Crippen molar-refractivity contribution in [2.24, 2.45) is 0 Å². The number of aliphatic hydroxyl groups is 1. The predicted molar refractivity (Wildman–Crippen MR) is 86.2 cm³/mol. The average Bonchev–Trinajstić information content (AvgIpc) is 2.72. The van der Waals surface area contributed by atoms with Crippen molar-refractivity contribution >= 4 is 10.9 Å². The Labute approximate surface area is 126 Å². The van der Waals surface area contributed by atoms with Crippen LogP contribution in [0.5, 0.6) is 0 Å². The maximum atomic E-state index is 9.68. The molecule has 1 saturated heterocycles. The van der Waals surface area contributed by atoms with Crippen molar-refractivity contribution in [2.45, 2.75) is 45.2 Å². The van der Waals surface area contributed by atoms with E-state index < -0.39 is 0 Å². The highest BCUT2D eigenvalue weighted by atomic mass is 16.3. The summed E-state index contributed by atoms with van der Waals surface area (Å²) in [6, 6.07) is 10.9. The molecule has 1 unspecified atom stereocenters. The Balaban J connectivity index is 1.92. The average molecular weight is 284 g/mol. The van der Waals surface area contributed by atoms with Crippen molar-refractivity contribution < 1.29 is 5.11 Å². The molecular weight excluding hydrogens is 260 g/mol. The van der Waals surface area contributed by atoms with Gasteiger partial charge in [0.2, 0.25) is 0 Å². The highest BCUT2D eigenvalue weighted by Gasteiger charge is 2.21. The van der Waals surface area contributed by atoms with Crippen LogP contribution in [0.25, 0.3) is 10.9 Å². The second-order valence-corrected chi connectivity index (χ2v) is 6.10. The zero-order valence-electron chi connectivity index (χ0n) is 12.8. The molecule has 1 aromatic carbocycles. The zero-order chi connectivity index (χ0) is 14.7. The third kappa shape index (κ3) is 3.25. The summed E-state index contributed by atoms with van der Waals surface area (Å²) >= 11 is 0. The lowest BCUT2D eigenvalue weighted by Crippen LogP contribution is -2.37. The van der Waals surface area contributed by atoms with Crippen LogP contribution >= 0.6 is 0 Å². The molecule has 21 heavy (non-hydrogen) atoms. The Hall–Kier alpha value is -1.45. The fourth-order valence-electron chi connectivity index (χ4n) is 3.40. The first-order valence-electron chi connectivity index (χ1n) is 7.98. The Kier molecular flexibility index (Phi) is 4.51. The van der Waals surface area contributed by atoms with Crippen LogP contribution < -0.4 is 0 Å². The number of aromatic nitrogens is 1. The Morgan fingerprint density at radius 3 is 2.95 bits per heavy atom. The summed E-state index contributed by atoms with van der Waals surface area (Å²) in [7, 11) is 0. The standard InChI is InChI=1S/C18H24N2O/c1-14-11-15(17-8-4-5-9-18(17)19-14)12-20-10-6-2-3-7-16(20)13-21/h4-5,8-9,11,16,21H,2-3,6-7,10,12-13H2,1H3. The van der Waals surface area contributed by atoms with Gasteiger partial charge in [0.05, 0.1) is 12.1 Å². The fraction of sp³-hybridized carbons (Fsp3) is 0.500. The molecule has 0 amide bonds. The molecule has 1 fully saturated rings. The molecule has 2 aromatic rings. The number of hydrogen-bond acceptors (Lipinski definition) is 3. The van der Waals surface area contributed by atoms with Gasteiger partial charge in [-0.05, 0) is 44.0 Å². The maximum absolute atomic E-state index is 9.68. The molecule has 2 heterocycles. The highest BCUT2D eigenvalue weighted by Crippen LogP contribution is 2.23. The van der Waals surface area contributed by atoms with E-state index in [4.69, 9.17) is 0 Å². The van der Waals surface area contributed by atoms with Crippen LogP contribution in [-0.2, 0) is 6.54 Å². The number of fused-ring (bicyclic) bond motifs is 1. The van der Waals surface area contributed by atoms with Crippen LogP contribution in [0.3, 0.4) is 0 Å². The summed E-state index contributed by atoms with van der Waals surface area (Å²) < 4.78 is 0. The van der Waals surface area contributed by atoms with E-state index >= 15 is 0 Å².